The van der Waals surface area contributed by atoms with Crippen molar-refractivity contribution < 1.29 is 8.42 Å². The molecule has 2 heterocycles. The fourth-order valence-corrected chi connectivity index (χ4v) is 4.85. The molecule has 0 spiro atoms. The van der Waals surface area contributed by atoms with Crippen molar-refractivity contribution in [3.63, 3.8) is 0 Å². The number of nitrogens with one attached hydrogen (secondary N) is 1. The number of aromatic nitrogens is 2. The van der Waals surface area contributed by atoms with E-state index in [1.165, 1.54) is 12.8 Å². The molecular weight excluding hydrogens is 312 g/mol. The smallest absolute Gasteiger partial charge is 0.214 e. The summed E-state index contributed by atoms with van der Waals surface area (Å²) in [5.41, 5.74) is 0.998. The Morgan fingerprint density at radius 2 is 1.96 bits per heavy atom. The van der Waals surface area contributed by atoms with E-state index in [0.29, 0.717) is 12.5 Å². The Bertz CT molecular complexity index is 698. The summed E-state index contributed by atoms with van der Waals surface area (Å²) < 4.78 is 27.2. The topological polar surface area (TPSA) is 75.2 Å². The molecule has 0 radical (unpaired) electrons. The quantitative estimate of drug-likeness (QED) is 0.886. The lowest BCUT2D eigenvalue weighted by molar-refractivity contribution is 0.463. The van der Waals surface area contributed by atoms with Crippen molar-refractivity contribution in [3.8, 4) is 0 Å². The molecule has 1 saturated heterocycles. The van der Waals surface area contributed by atoms with E-state index >= 15 is 0 Å². The lowest BCUT2D eigenvalue weighted by atomic mass is 10.1. The second-order valence-electron chi connectivity index (χ2n) is 7.15. The average Bonchev–Trinajstić information content (AvgIpc) is 3.39. The van der Waals surface area contributed by atoms with Crippen LogP contribution in [0.2, 0.25) is 0 Å². The predicted octanol–water partition coefficient (Wildman–Crippen LogP) is 1.71. The lowest BCUT2D eigenvalue weighted by Gasteiger charge is -2.34. The van der Waals surface area contributed by atoms with Crippen molar-refractivity contribution in [3.05, 3.63) is 17.6 Å². The molecule has 0 bridgehead atoms. The predicted molar refractivity (Wildman–Crippen MR) is 89.1 cm³/mol. The molecule has 0 aromatic carbocycles. The molecule has 7 heteroatoms. The zero-order chi connectivity index (χ0) is 16.0. The Labute approximate surface area is 137 Å². The summed E-state index contributed by atoms with van der Waals surface area (Å²) in [6, 6.07) is 2.01. The van der Waals surface area contributed by atoms with E-state index in [1.54, 1.807) is 0 Å². The maximum Gasteiger partial charge on any atom is 0.214 e. The number of rotatable bonds is 5. The van der Waals surface area contributed by atoms with Crippen LogP contribution >= 0.6 is 0 Å². The standard InChI is InChI=1S/C16H24N4O2S/c1-11-9-15(18-16(17-11)12-4-5-12)20-8-2-3-13(10-20)19-23(21,22)14-6-7-14/h9,12-14,19H,2-8,10H2,1H3. The fourth-order valence-electron chi connectivity index (χ4n) is 3.25. The van der Waals surface area contributed by atoms with Crippen LogP contribution in [0.15, 0.2) is 6.07 Å². The van der Waals surface area contributed by atoms with Crippen molar-refractivity contribution in [2.75, 3.05) is 18.0 Å². The minimum absolute atomic E-state index is 0.00556. The second-order valence-corrected chi connectivity index (χ2v) is 9.14. The Hall–Kier alpha value is -1.21. The molecule has 1 atom stereocenters. The number of hydrogen-bond donors (Lipinski definition) is 1. The van der Waals surface area contributed by atoms with Gasteiger partial charge in [0, 0.05) is 36.8 Å². The van der Waals surface area contributed by atoms with Crippen molar-refractivity contribution in [1.29, 1.82) is 0 Å². The highest BCUT2D eigenvalue weighted by molar-refractivity contribution is 7.90. The molecular formula is C16H24N4O2S. The molecule has 2 saturated carbocycles. The third-order valence-electron chi connectivity index (χ3n) is 4.84. The van der Waals surface area contributed by atoms with Crippen LogP contribution in [0, 0.1) is 6.92 Å². The molecule has 1 aromatic rings. The molecule has 6 nitrogen and oxygen atoms in total. The highest BCUT2D eigenvalue weighted by atomic mass is 32.2. The summed E-state index contributed by atoms with van der Waals surface area (Å²) in [6.45, 7) is 3.64. The Morgan fingerprint density at radius 1 is 1.17 bits per heavy atom. The van der Waals surface area contributed by atoms with Crippen molar-refractivity contribution in [1.82, 2.24) is 14.7 Å². The molecule has 126 valence electrons. The molecule has 1 aliphatic heterocycles. The first-order chi connectivity index (χ1) is 11.0. The van der Waals surface area contributed by atoms with Gasteiger partial charge in [-0.15, -0.1) is 0 Å². The van der Waals surface area contributed by atoms with Gasteiger partial charge in [0.1, 0.15) is 11.6 Å². The minimum atomic E-state index is -3.12. The minimum Gasteiger partial charge on any atom is -0.355 e. The van der Waals surface area contributed by atoms with E-state index in [1.807, 2.05) is 13.0 Å². The third-order valence-corrected chi connectivity index (χ3v) is 6.85. The van der Waals surface area contributed by atoms with Crippen LogP contribution in [0.25, 0.3) is 0 Å². The molecule has 3 aliphatic rings. The van der Waals surface area contributed by atoms with Crippen LogP contribution in [0.1, 0.15) is 56.0 Å². The summed E-state index contributed by atoms with van der Waals surface area (Å²) in [6.07, 6.45) is 5.88. The zero-order valence-electron chi connectivity index (χ0n) is 13.5. The lowest BCUT2D eigenvalue weighted by Crippen LogP contribution is -2.48. The Morgan fingerprint density at radius 3 is 2.65 bits per heavy atom. The van der Waals surface area contributed by atoms with Crippen LogP contribution < -0.4 is 9.62 Å². The number of nitrogens with zero attached hydrogens (tertiary/aromatic N) is 3. The maximum atomic E-state index is 12.2. The Kier molecular flexibility index (Phi) is 3.80. The molecule has 23 heavy (non-hydrogen) atoms. The van der Waals surface area contributed by atoms with Crippen LogP contribution in [0.4, 0.5) is 5.82 Å². The van der Waals surface area contributed by atoms with Gasteiger partial charge in [-0.05, 0) is 45.4 Å². The van der Waals surface area contributed by atoms with E-state index in [0.717, 1.165) is 49.6 Å². The van der Waals surface area contributed by atoms with Gasteiger partial charge in [0.25, 0.3) is 0 Å². The summed E-state index contributed by atoms with van der Waals surface area (Å²) in [7, 11) is -3.12. The highest BCUT2D eigenvalue weighted by Gasteiger charge is 2.38. The molecule has 2 aliphatic carbocycles. The van der Waals surface area contributed by atoms with Gasteiger partial charge < -0.3 is 4.90 Å². The van der Waals surface area contributed by atoms with E-state index in [9.17, 15) is 8.42 Å². The first-order valence-corrected chi connectivity index (χ1v) is 10.2. The summed E-state index contributed by atoms with van der Waals surface area (Å²) in [4.78, 5) is 11.5. The normalized spacial score (nSPS) is 25.6. The van der Waals surface area contributed by atoms with Gasteiger partial charge in [-0.3, -0.25) is 0 Å². The second kappa shape index (κ2) is 5.70. The maximum absolute atomic E-state index is 12.2. The van der Waals surface area contributed by atoms with Crippen LogP contribution in [0.3, 0.4) is 0 Å². The van der Waals surface area contributed by atoms with Gasteiger partial charge in [0.2, 0.25) is 10.0 Å². The monoisotopic (exact) mass is 336 g/mol. The largest absolute Gasteiger partial charge is 0.355 e. The SMILES string of the molecule is Cc1cc(N2CCCC(NS(=O)(=O)C3CC3)C2)nc(C2CC2)n1. The summed E-state index contributed by atoms with van der Waals surface area (Å²) >= 11 is 0. The van der Waals surface area contributed by atoms with E-state index in [4.69, 9.17) is 4.98 Å². The number of piperidine rings is 1. The summed E-state index contributed by atoms with van der Waals surface area (Å²) in [5, 5.41) is -0.152. The zero-order valence-corrected chi connectivity index (χ0v) is 14.3. The molecule has 1 aromatic heterocycles. The molecule has 1 N–H and O–H groups in total. The first-order valence-electron chi connectivity index (χ1n) is 8.63. The molecule has 4 rings (SSSR count). The van der Waals surface area contributed by atoms with Gasteiger partial charge in [0.15, 0.2) is 0 Å². The number of anilines is 1. The molecule has 0 amide bonds. The number of sulfonamides is 1. The van der Waals surface area contributed by atoms with Crippen LogP contribution in [-0.2, 0) is 10.0 Å². The van der Waals surface area contributed by atoms with Crippen molar-refractivity contribution >= 4 is 15.8 Å². The van der Waals surface area contributed by atoms with Gasteiger partial charge in [-0.25, -0.2) is 23.1 Å². The average molecular weight is 336 g/mol. The Balaban J connectivity index is 1.48. The van der Waals surface area contributed by atoms with Crippen LogP contribution in [0.5, 0.6) is 0 Å². The number of hydrogen-bond acceptors (Lipinski definition) is 5. The van der Waals surface area contributed by atoms with E-state index in [-0.39, 0.29) is 11.3 Å². The van der Waals surface area contributed by atoms with E-state index in [2.05, 4.69) is 14.6 Å². The van der Waals surface area contributed by atoms with Gasteiger partial charge in [-0.1, -0.05) is 0 Å². The van der Waals surface area contributed by atoms with Gasteiger partial charge in [-0.2, -0.15) is 0 Å². The van der Waals surface area contributed by atoms with Gasteiger partial charge >= 0.3 is 0 Å². The first kappa shape index (κ1) is 15.3. The van der Waals surface area contributed by atoms with Crippen molar-refractivity contribution in [2.24, 2.45) is 0 Å². The summed E-state index contributed by atoms with van der Waals surface area (Å²) in [5.74, 6) is 2.44. The van der Waals surface area contributed by atoms with E-state index < -0.39 is 10.0 Å². The fraction of sp³-hybridized carbons (Fsp3) is 0.750. The molecule has 3 fully saturated rings. The number of aryl methyl sites for hydroxylation is 1. The van der Waals surface area contributed by atoms with Gasteiger partial charge in [0.05, 0.1) is 5.25 Å². The third kappa shape index (κ3) is 3.50. The highest BCUT2D eigenvalue weighted by Crippen LogP contribution is 2.38. The molecule has 1 unspecified atom stereocenters. The van der Waals surface area contributed by atoms with Crippen molar-refractivity contribution in [2.45, 2.75) is 62.7 Å². The van der Waals surface area contributed by atoms with Crippen LogP contribution in [-0.4, -0.2) is 42.8 Å².